The third kappa shape index (κ3) is 5.01. The topological polar surface area (TPSA) is 50.8 Å². The summed E-state index contributed by atoms with van der Waals surface area (Å²) >= 11 is 0. The lowest BCUT2D eigenvalue weighted by molar-refractivity contribution is -0.123. The van der Waals surface area contributed by atoms with Gasteiger partial charge in [-0.3, -0.25) is 9.69 Å². The van der Waals surface area contributed by atoms with Gasteiger partial charge in [0.25, 0.3) is 5.91 Å². The van der Waals surface area contributed by atoms with Crippen LogP contribution in [0.5, 0.6) is 11.5 Å². The minimum absolute atomic E-state index is 0.0269. The van der Waals surface area contributed by atoms with Crippen molar-refractivity contribution in [2.24, 2.45) is 0 Å². The zero-order chi connectivity index (χ0) is 19.1. The first-order valence-electron chi connectivity index (χ1n) is 9.51. The molecule has 0 aromatic heterocycles. The molecular formula is C22H28N2O3. The third-order valence-electron chi connectivity index (χ3n) is 5.05. The SMILES string of the molecule is COc1ccccc1OCC(=O)NCC(c1ccccc1C)N1CCCC1. The van der Waals surface area contributed by atoms with Crippen LogP contribution in [0.2, 0.25) is 0 Å². The fraction of sp³-hybridized carbons (Fsp3) is 0.409. The Balaban J connectivity index is 1.60. The number of nitrogens with zero attached hydrogens (tertiary/aromatic N) is 1. The maximum Gasteiger partial charge on any atom is 0.258 e. The van der Waals surface area contributed by atoms with Crippen LogP contribution in [0, 0.1) is 6.92 Å². The number of nitrogens with one attached hydrogen (secondary N) is 1. The molecular weight excluding hydrogens is 340 g/mol. The second kappa shape index (κ2) is 9.42. The van der Waals surface area contributed by atoms with E-state index in [-0.39, 0.29) is 18.6 Å². The lowest BCUT2D eigenvalue weighted by Crippen LogP contribution is -2.38. The minimum Gasteiger partial charge on any atom is -0.493 e. The summed E-state index contributed by atoms with van der Waals surface area (Å²) in [4.78, 5) is 14.8. The summed E-state index contributed by atoms with van der Waals surface area (Å²) in [5.41, 5.74) is 2.54. The normalized spacial score (nSPS) is 15.3. The maximum absolute atomic E-state index is 12.4. The van der Waals surface area contributed by atoms with Crippen molar-refractivity contribution in [1.29, 1.82) is 0 Å². The quantitative estimate of drug-likeness (QED) is 0.776. The molecule has 1 amide bonds. The van der Waals surface area contributed by atoms with Crippen molar-refractivity contribution in [3.8, 4) is 11.5 Å². The number of carbonyl (C=O) groups is 1. The van der Waals surface area contributed by atoms with E-state index in [1.807, 2.05) is 18.2 Å². The first-order valence-corrected chi connectivity index (χ1v) is 9.51. The molecule has 1 fully saturated rings. The zero-order valence-corrected chi connectivity index (χ0v) is 16.1. The third-order valence-corrected chi connectivity index (χ3v) is 5.05. The lowest BCUT2D eigenvalue weighted by atomic mass is 10.00. The highest BCUT2D eigenvalue weighted by atomic mass is 16.5. The molecule has 1 heterocycles. The predicted molar refractivity (Wildman–Crippen MR) is 106 cm³/mol. The molecule has 1 unspecified atom stereocenters. The summed E-state index contributed by atoms with van der Waals surface area (Å²) in [5, 5.41) is 3.05. The fourth-order valence-corrected chi connectivity index (χ4v) is 3.59. The number of amides is 1. The molecule has 1 N–H and O–H groups in total. The van der Waals surface area contributed by atoms with Gasteiger partial charge in [-0.05, 0) is 56.1 Å². The van der Waals surface area contributed by atoms with Crippen LogP contribution in [0.1, 0.15) is 30.0 Å². The van der Waals surface area contributed by atoms with Crippen LogP contribution in [0.4, 0.5) is 0 Å². The molecule has 3 rings (SSSR count). The molecule has 2 aromatic carbocycles. The Labute approximate surface area is 161 Å². The van der Waals surface area contributed by atoms with Crippen molar-refractivity contribution >= 4 is 5.91 Å². The van der Waals surface area contributed by atoms with Gasteiger partial charge in [0.1, 0.15) is 0 Å². The monoisotopic (exact) mass is 368 g/mol. The average molecular weight is 368 g/mol. The molecule has 5 heteroatoms. The largest absolute Gasteiger partial charge is 0.493 e. The van der Waals surface area contributed by atoms with Crippen LogP contribution >= 0.6 is 0 Å². The van der Waals surface area contributed by atoms with E-state index in [4.69, 9.17) is 9.47 Å². The summed E-state index contributed by atoms with van der Waals surface area (Å²) in [6.07, 6.45) is 2.43. The van der Waals surface area contributed by atoms with Gasteiger partial charge in [-0.25, -0.2) is 0 Å². The Morgan fingerprint density at radius 2 is 1.74 bits per heavy atom. The highest BCUT2D eigenvalue weighted by Crippen LogP contribution is 2.27. The van der Waals surface area contributed by atoms with Gasteiger partial charge in [0.2, 0.25) is 0 Å². The van der Waals surface area contributed by atoms with E-state index < -0.39 is 0 Å². The first-order chi connectivity index (χ1) is 13.2. The van der Waals surface area contributed by atoms with Crippen LogP contribution in [0.15, 0.2) is 48.5 Å². The molecule has 5 nitrogen and oxygen atoms in total. The molecule has 0 aliphatic carbocycles. The first kappa shape index (κ1) is 19.2. The number of hydrogen-bond acceptors (Lipinski definition) is 4. The zero-order valence-electron chi connectivity index (χ0n) is 16.1. The number of likely N-dealkylation sites (tertiary alicyclic amines) is 1. The number of ether oxygens (including phenoxy) is 2. The number of methoxy groups -OCH3 is 1. The standard InChI is InChI=1S/C22H28N2O3/c1-17-9-3-4-10-18(17)19(24-13-7-8-14-24)15-23-22(25)16-27-21-12-6-5-11-20(21)26-2/h3-6,9-12,19H,7-8,13-16H2,1-2H3,(H,23,25). The molecule has 1 atom stereocenters. The highest BCUT2D eigenvalue weighted by Gasteiger charge is 2.25. The van der Waals surface area contributed by atoms with Gasteiger partial charge >= 0.3 is 0 Å². The predicted octanol–water partition coefficient (Wildman–Crippen LogP) is 3.34. The molecule has 1 aliphatic heterocycles. The van der Waals surface area contributed by atoms with Gasteiger partial charge in [0.15, 0.2) is 18.1 Å². The molecule has 27 heavy (non-hydrogen) atoms. The van der Waals surface area contributed by atoms with Gasteiger partial charge in [-0.2, -0.15) is 0 Å². The molecule has 2 aromatic rings. The Bertz CT molecular complexity index is 757. The van der Waals surface area contributed by atoms with E-state index in [1.165, 1.54) is 24.0 Å². The Morgan fingerprint density at radius 3 is 2.44 bits per heavy atom. The van der Waals surface area contributed by atoms with Gasteiger partial charge in [-0.1, -0.05) is 36.4 Å². The molecule has 0 spiro atoms. The molecule has 1 aliphatic rings. The lowest BCUT2D eigenvalue weighted by Gasteiger charge is -2.29. The maximum atomic E-state index is 12.4. The second-order valence-corrected chi connectivity index (χ2v) is 6.86. The summed E-state index contributed by atoms with van der Waals surface area (Å²) in [6.45, 7) is 4.84. The van der Waals surface area contributed by atoms with E-state index in [1.54, 1.807) is 13.2 Å². The second-order valence-electron chi connectivity index (χ2n) is 6.86. The van der Waals surface area contributed by atoms with Crippen LogP contribution in [-0.4, -0.2) is 44.2 Å². The van der Waals surface area contributed by atoms with Crippen molar-refractivity contribution in [3.63, 3.8) is 0 Å². The summed E-state index contributed by atoms with van der Waals surface area (Å²) in [5.74, 6) is 1.07. The molecule has 0 bridgehead atoms. The van der Waals surface area contributed by atoms with Crippen molar-refractivity contribution in [2.75, 3.05) is 33.4 Å². The summed E-state index contributed by atoms with van der Waals surface area (Å²) in [7, 11) is 1.59. The molecule has 0 radical (unpaired) electrons. The Morgan fingerprint density at radius 1 is 1.07 bits per heavy atom. The van der Waals surface area contributed by atoms with Gasteiger partial charge in [-0.15, -0.1) is 0 Å². The van der Waals surface area contributed by atoms with E-state index in [2.05, 4.69) is 41.4 Å². The number of carbonyl (C=O) groups excluding carboxylic acids is 1. The van der Waals surface area contributed by atoms with E-state index in [0.29, 0.717) is 18.0 Å². The molecule has 144 valence electrons. The van der Waals surface area contributed by atoms with E-state index in [0.717, 1.165) is 13.1 Å². The van der Waals surface area contributed by atoms with E-state index >= 15 is 0 Å². The summed E-state index contributed by atoms with van der Waals surface area (Å²) in [6, 6.07) is 16.0. The number of hydrogen-bond donors (Lipinski definition) is 1. The molecule has 0 saturated carbocycles. The van der Waals surface area contributed by atoms with Crippen LogP contribution in [0.25, 0.3) is 0 Å². The average Bonchev–Trinajstić information content (AvgIpc) is 3.22. The Kier molecular flexibility index (Phi) is 6.71. The van der Waals surface area contributed by atoms with Gasteiger partial charge < -0.3 is 14.8 Å². The van der Waals surface area contributed by atoms with Crippen LogP contribution in [-0.2, 0) is 4.79 Å². The van der Waals surface area contributed by atoms with Gasteiger partial charge in [0.05, 0.1) is 13.2 Å². The van der Waals surface area contributed by atoms with Crippen molar-refractivity contribution < 1.29 is 14.3 Å². The smallest absolute Gasteiger partial charge is 0.258 e. The number of aryl methyl sites for hydroxylation is 1. The van der Waals surface area contributed by atoms with E-state index in [9.17, 15) is 4.79 Å². The van der Waals surface area contributed by atoms with Crippen LogP contribution < -0.4 is 14.8 Å². The Hall–Kier alpha value is -2.53. The molecule has 1 saturated heterocycles. The number of benzene rings is 2. The van der Waals surface area contributed by atoms with Crippen molar-refractivity contribution in [3.05, 3.63) is 59.7 Å². The fourth-order valence-electron chi connectivity index (χ4n) is 3.59. The number of para-hydroxylation sites is 2. The van der Waals surface area contributed by atoms with Crippen molar-refractivity contribution in [1.82, 2.24) is 10.2 Å². The van der Waals surface area contributed by atoms with Crippen LogP contribution in [0.3, 0.4) is 0 Å². The highest BCUT2D eigenvalue weighted by molar-refractivity contribution is 5.77. The minimum atomic E-state index is -0.126. The van der Waals surface area contributed by atoms with Crippen molar-refractivity contribution in [2.45, 2.75) is 25.8 Å². The van der Waals surface area contributed by atoms with Gasteiger partial charge in [0, 0.05) is 6.54 Å². The number of rotatable bonds is 8. The summed E-state index contributed by atoms with van der Waals surface area (Å²) < 4.78 is 10.9.